The van der Waals surface area contributed by atoms with Gasteiger partial charge in [0.2, 0.25) is 11.8 Å². The predicted molar refractivity (Wildman–Crippen MR) is 74.9 cm³/mol. The summed E-state index contributed by atoms with van der Waals surface area (Å²) in [6.07, 6.45) is 0. The van der Waals surface area contributed by atoms with Gasteiger partial charge in [0.05, 0.1) is 6.54 Å². The molecule has 5 heteroatoms. The molecule has 2 amide bonds. The molecule has 5 nitrogen and oxygen atoms in total. The summed E-state index contributed by atoms with van der Waals surface area (Å²) in [5.41, 5.74) is 6.54. The number of nitrogens with zero attached hydrogens (tertiary/aromatic N) is 1. The van der Waals surface area contributed by atoms with Gasteiger partial charge in [0.25, 0.3) is 0 Å². The second-order valence-electron chi connectivity index (χ2n) is 5.07. The summed E-state index contributed by atoms with van der Waals surface area (Å²) in [6, 6.07) is 7.49. The van der Waals surface area contributed by atoms with Crippen LogP contribution in [-0.4, -0.2) is 29.9 Å². The van der Waals surface area contributed by atoms with Crippen LogP contribution in [0.15, 0.2) is 24.3 Å². The van der Waals surface area contributed by atoms with Gasteiger partial charge in [0.15, 0.2) is 0 Å². The van der Waals surface area contributed by atoms with Gasteiger partial charge in [-0.25, -0.2) is 0 Å². The highest BCUT2D eigenvalue weighted by Crippen LogP contribution is 2.25. The van der Waals surface area contributed by atoms with Crippen LogP contribution in [0.1, 0.15) is 19.4 Å². The molecule has 2 atom stereocenters. The average Bonchev–Trinajstić information content (AvgIpc) is 2.65. The molecule has 0 aromatic heterocycles. The van der Waals surface area contributed by atoms with Crippen LogP contribution in [0.25, 0.3) is 0 Å². The highest BCUT2D eigenvalue weighted by molar-refractivity contribution is 6.04. The van der Waals surface area contributed by atoms with Crippen molar-refractivity contribution in [2.24, 2.45) is 17.6 Å². The van der Waals surface area contributed by atoms with Crippen molar-refractivity contribution in [1.82, 2.24) is 4.90 Å². The first-order chi connectivity index (χ1) is 9.56. The van der Waals surface area contributed by atoms with E-state index in [0.717, 1.165) is 5.56 Å². The van der Waals surface area contributed by atoms with E-state index in [-0.39, 0.29) is 36.8 Å². The van der Waals surface area contributed by atoms with E-state index in [0.29, 0.717) is 12.3 Å². The highest BCUT2D eigenvalue weighted by Gasteiger charge is 2.41. The summed E-state index contributed by atoms with van der Waals surface area (Å²) in [5.74, 6) is 0.00395. The van der Waals surface area contributed by atoms with Crippen LogP contribution in [-0.2, 0) is 16.1 Å². The topological polar surface area (TPSA) is 72.6 Å². The number of likely N-dealkylation sites (tertiary alicyclic amines) is 1. The number of hydrogen-bond acceptors (Lipinski definition) is 4. The third-order valence-electron chi connectivity index (χ3n) is 3.83. The lowest BCUT2D eigenvalue weighted by atomic mass is 10.00. The summed E-state index contributed by atoms with van der Waals surface area (Å²) < 4.78 is 5.63. The van der Waals surface area contributed by atoms with E-state index in [1.165, 1.54) is 4.90 Å². The van der Waals surface area contributed by atoms with Crippen LogP contribution in [0.5, 0.6) is 5.75 Å². The molecular weight excluding hydrogens is 256 g/mol. The Labute approximate surface area is 118 Å². The number of imide groups is 1. The molecule has 1 aromatic carbocycles. The molecular formula is C15H20N2O3. The number of amides is 2. The van der Waals surface area contributed by atoms with Crippen LogP contribution < -0.4 is 10.5 Å². The standard InChI is InChI=1S/C15H20N2O3/c1-10-11(2)15(19)17(14(10)18)7-8-20-13-6-4-3-5-12(13)9-16/h3-6,10-11H,7-9,16H2,1-2H3. The zero-order valence-electron chi connectivity index (χ0n) is 11.8. The van der Waals surface area contributed by atoms with Crippen molar-refractivity contribution in [1.29, 1.82) is 0 Å². The van der Waals surface area contributed by atoms with Gasteiger partial charge in [-0.2, -0.15) is 0 Å². The number of para-hydroxylation sites is 1. The number of rotatable bonds is 5. The minimum absolute atomic E-state index is 0.113. The van der Waals surface area contributed by atoms with E-state index in [1.54, 1.807) is 13.8 Å². The van der Waals surface area contributed by atoms with Gasteiger partial charge in [0, 0.05) is 23.9 Å². The van der Waals surface area contributed by atoms with Crippen molar-refractivity contribution in [3.05, 3.63) is 29.8 Å². The monoisotopic (exact) mass is 276 g/mol. The van der Waals surface area contributed by atoms with Crippen molar-refractivity contribution in [3.8, 4) is 5.75 Å². The molecule has 108 valence electrons. The zero-order chi connectivity index (χ0) is 14.7. The Morgan fingerprint density at radius 3 is 2.35 bits per heavy atom. The predicted octanol–water partition coefficient (Wildman–Crippen LogP) is 1.17. The minimum Gasteiger partial charge on any atom is -0.491 e. The molecule has 1 heterocycles. The SMILES string of the molecule is CC1C(=O)N(CCOc2ccccc2CN)C(=O)C1C. The van der Waals surface area contributed by atoms with Crippen molar-refractivity contribution < 1.29 is 14.3 Å². The van der Waals surface area contributed by atoms with Crippen molar-refractivity contribution in [3.63, 3.8) is 0 Å². The van der Waals surface area contributed by atoms with Gasteiger partial charge in [-0.05, 0) is 6.07 Å². The van der Waals surface area contributed by atoms with E-state index < -0.39 is 0 Å². The molecule has 2 rings (SSSR count). The lowest BCUT2D eigenvalue weighted by Gasteiger charge is -2.16. The number of carbonyl (C=O) groups excluding carboxylic acids is 2. The molecule has 1 fully saturated rings. The van der Waals surface area contributed by atoms with Crippen molar-refractivity contribution in [2.75, 3.05) is 13.2 Å². The Balaban J connectivity index is 1.93. The lowest BCUT2D eigenvalue weighted by Crippen LogP contribution is -2.34. The van der Waals surface area contributed by atoms with Crippen molar-refractivity contribution >= 4 is 11.8 Å². The second-order valence-corrected chi connectivity index (χ2v) is 5.07. The van der Waals surface area contributed by atoms with Gasteiger partial charge in [-0.3, -0.25) is 14.5 Å². The van der Waals surface area contributed by atoms with Gasteiger partial charge < -0.3 is 10.5 Å². The molecule has 0 saturated carbocycles. The third-order valence-corrected chi connectivity index (χ3v) is 3.83. The molecule has 20 heavy (non-hydrogen) atoms. The smallest absolute Gasteiger partial charge is 0.232 e. The maximum absolute atomic E-state index is 11.9. The summed E-state index contributed by atoms with van der Waals surface area (Å²) in [5, 5.41) is 0. The normalized spacial score (nSPS) is 22.4. The number of ether oxygens (including phenoxy) is 1. The van der Waals surface area contributed by atoms with Crippen LogP contribution >= 0.6 is 0 Å². The molecule has 0 spiro atoms. The van der Waals surface area contributed by atoms with E-state index >= 15 is 0 Å². The first kappa shape index (κ1) is 14.5. The number of carbonyl (C=O) groups is 2. The third kappa shape index (κ3) is 2.67. The molecule has 0 aliphatic carbocycles. The summed E-state index contributed by atoms with van der Waals surface area (Å²) >= 11 is 0. The number of nitrogens with two attached hydrogens (primary N) is 1. The fraction of sp³-hybridized carbons (Fsp3) is 0.467. The van der Waals surface area contributed by atoms with Gasteiger partial charge >= 0.3 is 0 Å². The molecule has 0 bridgehead atoms. The molecule has 1 aliphatic heterocycles. The molecule has 0 radical (unpaired) electrons. The van der Waals surface area contributed by atoms with Gasteiger partial charge in [0.1, 0.15) is 12.4 Å². The Bertz CT molecular complexity index is 496. The van der Waals surface area contributed by atoms with Gasteiger partial charge in [-0.1, -0.05) is 32.0 Å². The van der Waals surface area contributed by atoms with E-state index in [9.17, 15) is 9.59 Å². The highest BCUT2D eigenvalue weighted by atomic mass is 16.5. The molecule has 1 saturated heterocycles. The first-order valence-corrected chi connectivity index (χ1v) is 6.82. The van der Waals surface area contributed by atoms with Crippen LogP contribution in [0.3, 0.4) is 0 Å². The summed E-state index contributed by atoms with van der Waals surface area (Å²) in [4.78, 5) is 25.1. The summed E-state index contributed by atoms with van der Waals surface area (Å²) in [6.45, 7) is 4.54. The maximum atomic E-state index is 11.9. The largest absolute Gasteiger partial charge is 0.491 e. The minimum atomic E-state index is -0.237. The Morgan fingerprint density at radius 2 is 1.75 bits per heavy atom. The number of benzene rings is 1. The fourth-order valence-corrected chi connectivity index (χ4v) is 2.31. The quantitative estimate of drug-likeness (QED) is 0.819. The average molecular weight is 276 g/mol. The zero-order valence-corrected chi connectivity index (χ0v) is 11.8. The van der Waals surface area contributed by atoms with Gasteiger partial charge in [-0.15, -0.1) is 0 Å². The Hall–Kier alpha value is -1.88. The van der Waals surface area contributed by atoms with Crippen LogP contribution in [0.4, 0.5) is 0 Å². The molecule has 1 aromatic rings. The van der Waals surface area contributed by atoms with Crippen LogP contribution in [0.2, 0.25) is 0 Å². The lowest BCUT2D eigenvalue weighted by molar-refractivity contribution is -0.140. The maximum Gasteiger partial charge on any atom is 0.232 e. The van der Waals surface area contributed by atoms with Crippen molar-refractivity contribution in [2.45, 2.75) is 20.4 Å². The second kappa shape index (κ2) is 6.05. The first-order valence-electron chi connectivity index (χ1n) is 6.82. The fourth-order valence-electron chi connectivity index (χ4n) is 2.31. The van der Waals surface area contributed by atoms with Crippen LogP contribution in [0, 0.1) is 11.8 Å². The molecule has 2 N–H and O–H groups in total. The molecule has 2 unspecified atom stereocenters. The number of hydrogen-bond donors (Lipinski definition) is 1. The Kier molecular flexibility index (Phi) is 4.39. The van der Waals surface area contributed by atoms with E-state index in [2.05, 4.69) is 0 Å². The summed E-state index contributed by atoms with van der Waals surface area (Å²) in [7, 11) is 0. The molecule has 1 aliphatic rings. The van der Waals surface area contributed by atoms with E-state index in [1.807, 2.05) is 24.3 Å². The van der Waals surface area contributed by atoms with E-state index in [4.69, 9.17) is 10.5 Å². The Morgan fingerprint density at radius 1 is 1.15 bits per heavy atom.